The minimum absolute atomic E-state index is 0.187. The number of nitrogens with one attached hydrogen (secondary N) is 1. The van der Waals surface area contributed by atoms with Crippen LogP contribution in [-0.4, -0.2) is 11.1 Å². The zero-order valence-electron chi connectivity index (χ0n) is 11.2. The monoisotopic (exact) mass is 289 g/mol. The number of benzene rings is 2. The van der Waals surface area contributed by atoms with E-state index in [1.165, 1.54) is 17.2 Å². The molecule has 0 unspecified atom stereocenters. The summed E-state index contributed by atoms with van der Waals surface area (Å²) >= 11 is 5.83. The van der Waals surface area contributed by atoms with Gasteiger partial charge in [-0.05, 0) is 35.7 Å². The molecule has 0 aliphatic rings. The molecule has 0 aliphatic carbocycles. The standard InChI is InChI=1S/C16H16ClNO2/c1-2-11-5-3-4-6-12(11)10-18-15-8-7-13(17)9-14(15)16(19)20/h3-9,18H,2,10H2,1H3,(H,19,20). The van der Waals surface area contributed by atoms with Crippen LogP contribution in [0.25, 0.3) is 0 Å². The first-order valence-electron chi connectivity index (χ1n) is 6.45. The van der Waals surface area contributed by atoms with Crippen molar-refractivity contribution in [3.05, 3.63) is 64.2 Å². The number of halogens is 1. The summed E-state index contributed by atoms with van der Waals surface area (Å²) in [4.78, 5) is 11.2. The highest BCUT2D eigenvalue weighted by Crippen LogP contribution is 2.22. The number of carbonyl (C=O) groups is 1. The molecule has 2 rings (SSSR count). The van der Waals surface area contributed by atoms with E-state index >= 15 is 0 Å². The van der Waals surface area contributed by atoms with E-state index < -0.39 is 5.97 Å². The molecule has 0 saturated carbocycles. The van der Waals surface area contributed by atoms with Crippen molar-refractivity contribution in [3.8, 4) is 0 Å². The lowest BCUT2D eigenvalue weighted by Gasteiger charge is -2.12. The van der Waals surface area contributed by atoms with E-state index in [1.54, 1.807) is 12.1 Å². The zero-order chi connectivity index (χ0) is 14.5. The molecule has 2 N–H and O–H groups in total. The third-order valence-electron chi connectivity index (χ3n) is 3.18. The molecule has 4 heteroatoms. The molecule has 104 valence electrons. The summed E-state index contributed by atoms with van der Waals surface area (Å²) in [7, 11) is 0. The Hall–Kier alpha value is -2.00. The van der Waals surface area contributed by atoms with Gasteiger partial charge in [0.05, 0.1) is 5.56 Å². The van der Waals surface area contributed by atoms with Crippen LogP contribution in [0.15, 0.2) is 42.5 Å². The fraction of sp³-hybridized carbons (Fsp3) is 0.188. The molecule has 20 heavy (non-hydrogen) atoms. The molecule has 0 spiro atoms. The van der Waals surface area contributed by atoms with Gasteiger partial charge in [0.25, 0.3) is 0 Å². The first-order valence-corrected chi connectivity index (χ1v) is 6.83. The van der Waals surface area contributed by atoms with Crippen molar-refractivity contribution in [3.63, 3.8) is 0 Å². The molecule has 2 aromatic carbocycles. The van der Waals surface area contributed by atoms with Gasteiger partial charge in [-0.25, -0.2) is 4.79 Å². The van der Waals surface area contributed by atoms with E-state index in [9.17, 15) is 9.90 Å². The predicted octanol–water partition coefficient (Wildman–Crippen LogP) is 4.21. The van der Waals surface area contributed by atoms with Crippen LogP contribution < -0.4 is 5.32 Å². The lowest BCUT2D eigenvalue weighted by atomic mass is 10.1. The number of carboxylic acid groups (broad SMARTS) is 1. The number of aryl methyl sites for hydroxylation is 1. The Morgan fingerprint density at radius 3 is 2.55 bits per heavy atom. The second-order valence-corrected chi connectivity index (χ2v) is 4.91. The highest BCUT2D eigenvalue weighted by Gasteiger charge is 2.10. The molecule has 0 heterocycles. The van der Waals surface area contributed by atoms with Gasteiger partial charge in [0, 0.05) is 17.3 Å². The summed E-state index contributed by atoms with van der Waals surface area (Å²) in [5, 5.41) is 12.8. The fourth-order valence-electron chi connectivity index (χ4n) is 2.11. The summed E-state index contributed by atoms with van der Waals surface area (Å²) in [6, 6.07) is 12.9. The van der Waals surface area contributed by atoms with Crippen LogP contribution in [0.1, 0.15) is 28.4 Å². The third-order valence-corrected chi connectivity index (χ3v) is 3.42. The topological polar surface area (TPSA) is 49.3 Å². The van der Waals surface area contributed by atoms with Crippen LogP contribution in [0.3, 0.4) is 0 Å². The molecule has 3 nitrogen and oxygen atoms in total. The fourth-order valence-corrected chi connectivity index (χ4v) is 2.28. The highest BCUT2D eigenvalue weighted by molar-refractivity contribution is 6.31. The largest absolute Gasteiger partial charge is 0.478 e. The molecule has 0 saturated heterocycles. The number of aromatic carboxylic acids is 1. The normalized spacial score (nSPS) is 10.3. The molecular weight excluding hydrogens is 274 g/mol. The number of rotatable bonds is 5. The number of hydrogen-bond donors (Lipinski definition) is 2. The summed E-state index contributed by atoms with van der Waals surface area (Å²) in [5.74, 6) is -0.987. The number of hydrogen-bond acceptors (Lipinski definition) is 2. The predicted molar refractivity (Wildman–Crippen MR) is 81.6 cm³/mol. The van der Waals surface area contributed by atoms with Gasteiger partial charge in [0.15, 0.2) is 0 Å². The van der Waals surface area contributed by atoms with Gasteiger partial charge in [0.2, 0.25) is 0 Å². The Morgan fingerprint density at radius 2 is 1.90 bits per heavy atom. The average molecular weight is 290 g/mol. The zero-order valence-corrected chi connectivity index (χ0v) is 11.9. The van der Waals surface area contributed by atoms with Crippen molar-refractivity contribution in [1.82, 2.24) is 0 Å². The van der Waals surface area contributed by atoms with Gasteiger partial charge in [-0.2, -0.15) is 0 Å². The third kappa shape index (κ3) is 3.31. The van der Waals surface area contributed by atoms with Gasteiger partial charge in [0.1, 0.15) is 0 Å². The van der Waals surface area contributed by atoms with Crippen LogP contribution in [0.4, 0.5) is 5.69 Å². The molecular formula is C16H16ClNO2. The number of anilines is 1. The summed E-state index contributed by atoms with van der Waals surface area (Å²) in [6.07, 6.45) is 0.949. The molecule has 0 amide bonds. The van der Waals surface area contributed by atoms with E-state index in [0.29, 0.717) is 17.3 Å². The minimum atomic E-state index is -0.987. The molecule has 0 aliphatic heterocycles. The first-order chi connectivity index (χ1) is 9.61. The Bertz CT molecular complexity index is 626. The van der Waals surface area contributed by atoms with E-state index in [0.717, 1.165) is 6.42 Å². The van der Waals surface area contributed by atoms with Crippen molar-refractivity contribution in [2.45, 2.75) is 19.9 Å². The van der Waals surface area contributed by atoms with E-state index in [-0.39, 0.29) is 5.56 Å². The van der Waals surface area contributed by atoms with Crippen LogP contribution in [-0.2, 0) is 13.0 Å². The van der Waals surface area contributed by atoms with Gasteiger partial charge in [-0.15, -0.1) is 0 Å². The van der Waals surface area contributed by atoms with Gasteiger partial charge < -0.3 is 10.4 Å². The Labute approximate surface area is 123 Å². The molecule has 0 radical (unpaired) electrons. The van der Waals surface area contributed by atoms with Crippen molar-refractivity contribution in [1.29, 1.82) is 0 Å². The van der Waals surface area contributed by atoms with E-state index in [4.69, 9.17) is 11.6 Å². The quantitative estimate of drug-likeness (QED) is 0.867. The summed E-state index contributed by atoms with van der Waals surface area (Å²) in [6.45, 7) is 2.69. The maximum atomic E-state index is 11.2. The Kier molecular flexibility index (Phi) is 4.64. The smallest absolute Gasteiger partial charge is 0.337 e. The first kappa shape index (κ1) is 14.4. The van der Waals surface area contributed by atoms with Crippen LogP contribution in [0, 0.1) is 0 Å². The van der Waals surface area contributed by atoms with Gasteiger partial charge >= 0.3 is 5.97 Å². The molecule has 0 aromatic heterocycles. The van der Waals surface area contributed by atoms with Crippen molar-refractivity contribution in [2.24, 2.45) is 0 Å². The lowest BCUT2D eigenvalue weighted by molar-refractivity contribution is 0.0698. The summed E-state index contributed by atoms with van der Waals surface area (Å²) in [5.41, 5.74) is 3.19. The molecule has 2 aromatic rings. The SMILES string of the molecule is CCc1ccccc1CNc1ccc(Cl)cc1C(=O)O. The maximum absolute atomic E-state index is 11.2. The number of carboxylic acids is 1. The second-order valence-electron chi connectivity index (χ2n) is 4.47. The van der Waals surface area contributed by atoms with Crippen molar-refractivity contribution in [2.75, 3.05) is 5.32 Å². The molecule has 0 atom stereocenters. The van der Waals surface area contributed by atoms with Crippen LogP contribution in [0.5, 0.6) is 0 Å². The van der Waals surface area contributed by atoms with Gasteiger partial charge in [-0.3, -0.25) is 0 Å². The van der Waals surface area contributed by atoms with Crippen LogP contribution in [0.2, 0.25) is 5.02 Å². The minimum Gasteiger partial charge on any atom is -0.478 e. The Balaban J connectivity index is 2.21. The second kappa shape index (κ2) is 6.44. The summed E-state index contributed by atoms with van der Waals surface area (Å²) < 4.78 is 0. The van der Waals surface area contributed by atoms with Gasteiger partial charge in [-0.1, -0.05) is 42.8 Å². The highest BCUT2D eigenvalue weighted by atomic mass is 35.5. The molecule has 0 bridgehead atoms. The maximum Gasteiger partial charge on any atom is 0.337 e. The van der Waals surface area contributed by atoms with Crippen molar-refractivity contribution >= 4 is 23.3 Å². The van der Waals surface area contributed by atoms with E-state index in [2.05, 4.69) is 18.3 Å². The van der Waals surface area contributed by atoms with Crippen molar-refractivity contribution < 1.29 is 9.90 Å². The lowest BCUT2D eigenvalue weighted by Crippen LogP contribution is -2.07. The van der Waals surface area contributed by atoms with E-state index in [1.807, 2.05) is 18.2 Å². The van der Waals surface area contributed by atoms with Crippen LogP contribution >= 0.6 is 11.6 Å². The Morgan fingerprint density at radius 1 is 1.20 bits per heavy atom. The average Bonchev–Trinajstić information content (AvgIpc) is 2.46. The molecule has 0 fully saturated rings.